The average Bonchev–Trinajstić information content (AvgIpc) is 3.09. The Bertz CT molecular complexity index is 851. The van der Waals surface area contributed by atoms with Crippen molar-refractivity contribution in [3.63, 3.8) is 0 Å². The minimum absolute atomic E-state index is 0.0760. The van der Waals surface area contributed by atoms with Crippen molar-refractivity contribution in [1.29, 1.82) is 0 Å². The number of hydrogen-bond donors (Lipinski definition) is 2. The summed E-state index contributed by atoms with van der Waals surface area (Å²) in [6.07, 6.45) is 2.09. The molecule has 0 radical (unpaired) electrons. The molecule has 0 aromatic carbocycles. The zero-order valence-corrected chi connectivity index (χ0v) is 17.9. The highest BCUT2D eigenvalue weighted by molar-refractivity contribution is 7.13. The summed E-state index contributed by atoms with van der Waals surface area (Å²) in [4.78, 5) is 53.8. The van der Waals surface area contributed by atoms with Crippen LogP contribution in [0.15, 0.2) is 5.38 Å². The van der Waals surface area contributed by atoms with Gasteiger partial charge in [-0.25, -0.2) is 9.78 Å². The first-order valence-electron chi connectivity index (χ1n) is 9.51. The number of thiazole rings is 1. The summed E-state index contributed by atoms with van der Waals surface area (Å²) in [5, 5.41) is 7.45. The Hall–Kier alpha value is -2.49. The van der Waals surface area contributed by atoms with Gasteiger partial charge in [0.05, 0.1) is 5.69 Å². The van der Waals surface area contributed by atoms with Crippen molar-refractivity contribution in [2.45, 2.75) is 59.1 Å². The van der Waals surface area contributed by atoms with Crippen LogP contribution in [0.4, 0.5) is 9.93 Å². The van der Waals surface area contributed by atoms with Crippen LogP contribution in [0.2, 0.25) is 0 Å². The number of esters is 1. The number of aromatic nitrogens is 1. The van der Waals surface area contributed by atoms with Gasteiger partial charge in [0.15, 0.2) is 5.13 Å². The van der Waals surface area contributed by atoms with E-state index in [2.05, 4.69) is 36.4 Å². The Labute approximate surface area is 173 Å². The van der Waals surface area contributed by atoms with Crippen LogP contribution in [-0.2, 0) is 25.7 Å². The van der Waals surface area contributed by atoms with Gasteiger partial charge in [0.1, 0.15) is 18.7 Å². The molecule has 1 aromatic heterocycles. The molecule has 1 aliphatic heterocycles. The molecular weight excluding hydrogens is 396 g/mol. The zero-order valence-electron chi connectivity index (χ0n) is 17.0. The van der Waals surface area contributed by atoms with E-state index in [-0.39, 0.29) is 29.8 Å². The Morgan fingerprint density at radius 1 is 1.38 bits per heavy atom. The van der Waals surface area contributed by atoms with Crippen LogP contribution in [0.5, 0.6) is 0 Å². The third kappa shape index (κ3) is 4.75. The molecule has 1 aliphatic carbocycles. The van der Waals surface area contributed by atoms with Gasteiger partial charge in [-0.2, -0.15) is 0 Å². The molecule has 2 unspecified atom stereocenters. The third-order valence-electron chi connectivity index (χ3n) is 5.13. The van der Waals surface area contributed by atoms with Crippen molar-refractivity contribution in [2.24, 2.45) is 11.3 Å². The summed E-state index contributed by atoms with van der Waals surface area (Å²) in [6, 6.07) is -0.557. The second kappa shape index (κ2) is 7.74. The molecule has 2 N–H and O–H groups in total. The first-order chi connectivity index (χ1) is 13.5. The van der Waals surface area contributed by atoms with E-state index >= 15 is 0 Å². The number of ether oxygens (including phenoxy) is 1. The fourth-order valence-electron chi connectivity index (χ4n) is 4.56. The molecule has 29 heavy (non-hydrogen) atoms. The fraction of sp³-hybridized carbons (Fsp3) is 0.632. The number of carbonyl (C=O) groups is 4. The summed E-state index contributed by atoms with van der Waals surface area (Å²) >= 11 is 1.21. The number of hydrogen-bond acceptors (Lipinski definition) is 7. The van der Waals surface area contributed by atoms with Crippen LogP contribution in [0, 0.1) is 11.3 Å². The minimum Gasteiger partial charge on any atom is -0.458 e. The highest BCUT2D eigenvalue weighted by atomic mass is 32.1. The Kier molecular flexibility index (Phi) is 5.66. The van der Waals surface area contributed by atoms with Crippen molar-refractivity contribution in [2.75, 3.05) is 11.9 Å². The molecular formula is C19H26N4O5S. The largest absolute Gasteiger partial charge is 0.458 e. The Morgan fingerprint density at radius 2 is 2.10 bits per heavy atom. The van der Waals surface area contributed by atoms with E-state index in [4.69, 9.17) is 4.74 Å². The summed E-state index contributed by atoms with van der Waals surface area (Å²) < 4.78 is 5.16. The number of carbonyl (C=O) groups excluding carboxylic acids is 4. The zero-order chi connectivity index (χ0) is 21.4. The Morgan fingerprint density at radius 3 is 2.76 bits per heavy atom. The molecule has 2 atom stereocenters. The molecule has 1 spiro atoms. The van der Waals surface area contributed by atoms with Gasteiger partial charge < -0.3 is 15.4 Å². The predicted octanol–water partition coefficient (Wildman–Crippen LogP) is 2.28. The molecule has 1 saturated heterocycles. The number of nitrogens with zero attached hydrogens (tertiary/aromatic N) is 2. The second-order valence-corrected chi connectivity index (χ2v) is 9.60. The van der Waals surface area contributed by atoms with E-state index in [9.17, 15) is 19.2 Å². The SMILES string of the molecule is CC(=O)Nc1nc(COC(=O)CN2C(=O)NC3(CC(C)CC(C)(C)C3)C2=O)cs1. The van der Waals surface area contributed by atoms with Gasteiger partial charge in [-0.05, 0) is 30.6 Å². The maximum Gasteiger partial charge on any atom is 0.326 e. The smallest absolute Gasteiger partial charge is 0.326 e. The van der Waals surface area contributed by atoms with E-state index in [0.29, 0.717) is 23.7 Å². The van der Waals surface area contributed by atoms with E-state index < -0.39 is 24.1 Å². The van der Waals surface area contributed by atoms with Gasteiger partial charge in [0, 0.05) is 12.3 Å². The number of imide groups is 1. The van der Waals surface area contributed by atoms with E-state index in [0.717, 1.165) is 11.3 Å². The molecule has 2 aliphatic rings. The van der Waals surface area contributed by atoms with Gasteiger partial charge in [0.25, 0.3) is 5.91 Å². The normalized spacial score (nSPS) is 25.8. The average molecular weight is 423 g/mol. The molecule has 10 heteroatoms. The van der Waals surface area contributed by atoms with Gasteiger partial charge >= 0.3 is 12.0 Å². The summed E-state index contributed by atoms with van der Waals surface area (Å²) in [5.41, 5.74) is -0.544. The monoisotopic (exact) mass is 422 g/mol. The van der Waals surface area contributed by atoms with Gasteiger partial charge in [-0.3, -0.25) is 19.3 Å². The van der Waals surface area contributed by atoms with Crippen LogP contribution in [0.1, 0.15) is 52.7 Å². The third-order valence-corrected chi connectivity index (χ3v) is 5.93. The standard InChI is InChI=1S/C19H26N4O5S/c1-11-5-18(3,4)10-19(6-11)15(26)23(17(27)22-19)7-14(25)28-8-13-9-29-16(21-13)20-12(2)24/h9,11H,5-8,10H2,1-4H3,(H,22,27)(H,20,21,24). The molecule has 9 nitrogen and oxygen atoms in total. The van der Waals surface area contributed by atoms with Crippen molar-refractivity contribution >= 4 is 40.3 Å². The van der Waals surface area contributed by atoms with E-state index in [1.165, 1.54) is 18.3 Å². The quantitative estimate of drug-likeness (QED) is 0.555. The first kappa shape index (κ1) is 21.2. The fourth-order valence-corrected chi connectivity index (χ4v) is 5.30. The highest BCUT2D eigenvalue weighted by Gasteiger charge is 2.56. The molecule has 3 rings (SSSR count). The van der Waals surface area contributed by atoms with Crippen LogP contribution >= 0.6 is 11.3 Å². The highest BCUT2D eigenvalue weighted by Crippen LogP contribution is 2.46. The molecule has 4 amide bonds. The lowest BCUT2D eigenvalue weighted by molar-refractivity contribution is -0.149. The van der Waals surface area contributed by atoms with Crippen LogP contribution < -0.4 is 10.6 Å². The predicted molar refractivity (Wildman–Crippen MR) is 106 cm³/mol. The first-order valence-corrected chi connectivity index (χ1v) is 10.4. The number of nitrogens with one attached hydrogen (secondary N) is 2. The second-order valence-electron chi connectivity index (χ2n) is 8.74. The van der Waals surface area contributed by atoms with Crippen molar-refractivity contribution < 1.29 is 23.9 Å². The van der Waals surface area contributed by atoms with Crippen molar-refractivity contribution in [1.82, 2.24) is 15.2 Å². The summed E-state index contributed by atoms with van der Waals surface area (Å²) in [6.45, 7) is 7.08. The molecule has 2 fully saturated rings. The van der Waals surface area contributed by atoms with Gasteiger partial charge in [0.2, 0.25) is 5.91 Å². The lowest BCUT2D eigenvalue weighted by Crippen LogP contribution is -2.54. The van der Waals surface area contributed by atoms with Crippen molar-refractivity contribution in [3.05, 3.63) is 11.1 Å². The lowest BCUT2D eigenvalue weighted by atomic mass is 9.64. The maximum atomic E-state index is 13.0. The number of urea groups is 1. The van der Waals surface area contributed by atoms with E-state index in [1.807, 2.05) is 0 Å². The molecule has 0 bridgehead atoms. The molecule has 1 aromatic rings. The molecule has 1 saturated carbocycles. The number of amides is 4. The summed E-state index contributed by atoms with van der Waals surface area (Å²) in [5.74, 6) is -1.00. The van der Waals surface area contributed by atoms with Crippen LogP contribution in [-0.4, -0.2) is 45.8 Å². The molecule has 2 heterocycles. The Balaban J connectivity index is 1.59. The van der Waals surface area contributed by atoms with E-state index in [1.54, 1.807) is 5.38 Å². The lowest BCUT2D eigenvalue weighted by Gasteiger charge is -2.43. The molecule has 158 valence electrons. The van der Waals surface area contributed by atoms with Gasteiger partial charge in [-0.15, -0.1) is 11.3 Å². The number of rotatable bonds is 5. The van der Waals surface area contributed by atoms with Crippen molar-refractivity contribution in [3.8, 4) is 0 Å². The summed E-state index contributed by atoms with van der Waals surface area (Å²) in [7, 11) is 0. The van der Waals surface area contributed by atoms with Crippen LogP contribution in [0.25, 0.3) is 0 Å². The van der Waals surface area contributed by atoms with Gasteiger partial charge in [-0.1, -0.05) is 20.8 Å². The van der Waals surface area contributed by atoms with Crippen LogP contribution in [0.3, 0.4) is 0 Å². The minimum atomic E-state index is -0.944. The maximum absolute atomic E-state index is 13.0. The topological polar surface area (TPSA) is 118 Å². The number of anilines is 1.